The average molecular weight is 345 g/mol. The minimum Gasteiger partial charge on any atom is -0.399 e. The minimum atomic E-state index is -0.776. The summed E-state index contributed by atoms with van der Waals surface area (Å²) in [5, 5.41) is 0.532. The van der Waals surface area contributed by atoms with Gasteiger partial charge in [-0.3, -0.25) is 9.59 Å². The number of carbonyl (C=O) groups excluding carboxylic acids is 3. The summed E-state index contributed by atoms with van der Waals surface area (Å²) in [6, 6.07) is 6.58. The van der Waals surface area contributed by atoms with Gasteiger partial charge < -0.3 is 14.1 Å². The minimum absolute atomic E-state index is 0.0556. The van der Waals surface area contributed by atoms with Crippen molar-refractivity contribution in [3.05, 3.63) is 29.8 Å². The van der Waals surface area contributed by atoms with Gasteiger partial charge in [0.2, 0.25) is 0 Å². The molecule has 7 nitrogen and oxygen atoms in total. The number of imide groups is 1. The lowest BCUT2D eigenvalue weighted by atomic mass is 9.78. The maximum absolute atomic E-state index is 12.3. The number of carbonyl (C=O) groups is 3. The van der Waals surface area contributed by atoms with Gasteiger partial charge in [0.25, 0.3) is 11.8 Å². The quantitative estimate of drug-likeness (QED) is 0.605. The fourth-order valence-corrected chi connectivity index (χ4v) is 2.58. The zero-order valence-corrected chi connectivity index (χ0v) is 14.7. The van der Waals surface area contributed by atoms with Crippen molar-refractivity contribution in [1.82, 2.24) is 5.06 Å². The van der Waals surface area contributed by atoms with Crippen LogP contribution >= 0.6 is 0 Å². The maximum Gasteiger partial charge on any atom is 0.494 e. The summed E-state index contributed by atoms with van der Waals surface area (Å²) < 4.78 is 11.9. The normalized spacial score (nSPS) is 21.8. The number of hydroxylamine groups is 2. The monoisotopic (exact) mass is 345 g/mol. The topological polar surface area (TPSA) is 82.1 Å². The molecule has 0 unspecified atom stereocenters. The molecule has 2 fully saturated rings. The van der Waals surface area contributed by atoms with Gasteiger partial charge >= 0.3 is 13.1 Å². The molecule has 0 spiro atoms. The molecule has 0 radical (unpaired) electrons. The third-order valence-corrected chi connectivity index (χ3v) is 4.83. The largest absolute Gasteiger partial charge is 0.494 e. The van der Waals surface area contributed by atoms with Crippen LogP contribution in [0.1, 0.15) is 50.9 Å². The highest BCUT2D eigenvalue weighted by molar-refractivity contribution is 6.62. The van der Waals surface area contributed by atoms with Crippen LogP contribution in [-0.2, 0) is 23.7 Å². The second-order valence-electron chi connectivity index (χ2n) is 7.17. The van der Waals surface area contributed by atoms with Gasteiger partial charge in [0.1, 0.15) is 0 Å². The first-order valence-electron chi connectivity index (χ1n) is 8.14. The fourth-order valence-electron chi connectivity index (χ4n) is 2.58. The van der Waals surface area contributed by atoms with Crippen molar-refractivity contribution < 1.29 is 28.5 Å². The van der Waals surface area contributed by atoms with Crippen LogP contribution in [0.4, 0.5) is 0 Å². The number of benzene rings is 1. The van der Waals surface area contributed by atoms with Crippen molar-refractivity contribution in [2.24, 2.45) is 0 Å². The third-order valence-electron chi connectivity index (χ3n) is 4.83. The van der Waals surface area contributed by atoms with Crippen molar-refractivity contribution >= 4 is 30.4 Å². The van der Waals surface area contributed by atoms with Crippen molar-refractivity contribution in [2.45, 2.75) is 51.7 Å². The van der Waals surface area contributed by atoms with Gasteiger partial charge in [-0.2, -0.15) is 0 Å². The molecule has 1 aromatic carbocycles. The second kappa shape index (κ2) is 5.96. The molecule has 1 aromatic rings. The first kappa shape index (κ1) is 17.6. The molecule has 0 bridgehead atoms. The lowest BCUT2D eigenvalue weighted by Gasteiger charge is -2.32. The number of hydrogen-bond acceptors (Lipinski definition) is 6. The molecular formula is C17H20BNO6. The van der Waals surface area contributed by atoms with Crippen molar-refractivity contribution in [2.75, 3.05) is 0 Å². The van der Waals surface area contributed by atoms with Crippen LogP contribution in [0.5, 0.6) is 0 Å². The maximum atomic E-state index is 12.3. The van der Waals surface area contributed by atoms with E-state index in [2.05, 4.69) is 0 Å². The van der Waals surface area contributed by atoms with Crippen molar-refractivity contribution in [3.8, 4) is 0 Å². The van der Waals surface area contributed by atoms with Crippen LogP contribution < -0.4 is 5.46 Å². The lowest BCUT2D eigenvalue weighted by molar-refractivity contribution is -0.172. The molecule has 2 heterocycles. The summed E-state index contributed by atoms with van der Waals surface area (Å²) in [5.74, 6) is -1.80. The van der Waals surface area contributed by atoms with Gasteiger partial charge in [-0.1, -0.05) is 12.1 Å². The van der Waals surface area contributed by atoms with E-state index in [1.807, 2.05) is 27.7 Å². The molecule has 0 N–H and O–H groups in total. The molecule has 25 heavy (non-hydrogen) atoms. The molecule has 0 atom stereocenters. The third kappa shape index (κ3) is 3.19. The predicted octanol–water partition coefficient (Wildman–Crippen LogP) is 1.21. The lowest BCUT2D eigenvalue weighted by Crippen LogP contribution is -2.41. The molecule has 0 aliphatic carbocycles. The predicted molar refractivity (Wildman–Crippen MR) is 88.7 cm³/mol. The number of nitrogens with zero attached hydrogens (tertiary/aromatic N) is 1. The highest BCUT2D eigenvalue weighted by Crippen LogP contribution is 2.36. The Balaban J connectivity index is 1.77. The first-order chi connectivity index (χ1) is 11.6. The molecular weight excluding hydrogens is 325 g/mol. The Labute approximate surface area is 146 Å². The van der Waals surface area contributed by atoms with Gasteiger partial charge in [-0.25, -0.2) is 4.79 Å². The van der Waals surface area contributed by atoms with Crippen molar-refractivity contribution in [3.63, 3.8) is 0 Å². The summed E-state index contributed by atoms with van der Waals surface area (Å²) in [5.41, 5.74) is -0.127. The Hall–Kier alpha value is -2.19. The van der Waals surface area contributed by atoms with E-state index in [4.69, 9.17) is 14.1 Å². The Bertz CT molecular complexity index is 712. The fraction of sp³-hybridized carbons (Fsp3) is 0.471. The number of rotatable bonds is 3. The summed E-state index contributed by atoms with van der Waals surface area (Å²) in [6.45, 7) is 7.76. The van der Waals surface area contributed by atoms with Crippen LogP contribution in [0.2, 0.25) is 0 Å². The Morgan fingerprint density at radius 3 is 2.20 bits per heavy atom. The Morgan fingerprint density at radius 2 is 1.64 bits per heavy atom. The van der Waals surface area contributed by atoms with E-state index in [1.54, 1.807) is 24.3 Å². The Kier molecular flexibility index (Phi) is 4.21. The zero-order chi connectivity index (χ0) is 18.4. The van der Waals surface area contributed by atoms with E-state index >= 15 is 0 Å². The average Bonchev–Trinajstić information content (AvgIpc) is 2.96. The molecule has 2 saturated heterocycles. The Morgan fingerprint density at radius 1 is 1.08 bits per heavy atom. The molecule has 2 aliphatic heterocycles. The van der Waals surface area contributed by atoms with Crippen LogP contribution in [0.25, 0.3) is 0 Å². The van der Waals surface area contributed by atoms with Gasteiger partial charge in [0.15, 0.2) is 0 Å². The second-order valence-corrected chi connectivity index (χ2v) is 7.17. The van der Waals surface area contributed by atoms with E-state index in [0.717, 1.165) is 0 Å². The summed E-state index contributed by atoms with van der Waals surface area (Å²) >= 11 is 0. The van der Waals surface area contributed by atoms with E-state index in [1.165, 1.54) is 0 Å². The van der Waals surface area contributed by atoms with E-state index < -0.39 is 36.1 Å². The van der Waals surface area contributed by atoms with E-state index in [9.17, 15) is 14.4 Å². The molecule has 2 amide bonds. The van der Waals surface area contributed by atoms with Gasteiger partial charge in [0, 0.05) is 12.8 Å². The molecule has 0 saturated carbocycles. The molecule has 132 valence electrons. The standard InChI is InChI=1S/C17H20BNO6/c1-16(2)17(3,4)25-18(24-16)12-7-5-6-11(10-12)15(22)23-19-13(20)8-9-14(19)21/h5-7,10H,8-9H2,1-4H3. The van der Waals surface area contributed by atoms with Gasteiger partial charge in [-0.05, 0) is 45.3 Å². The summed E-state index contributed by atoms with van der Waals surface area (Å²) in [6.07, 6.45) is 0.111. The van der Waals surface area contributed by atoms with Crippen LogP contribution in [-0.4, -0.2) is 41.2 Å². The molecule has 2 aliphatic rings. The number of amides is 2. The van der Waals surface area contributed by atoms with Crippen LogP contribution in [0.3, 0.4) is 0 Å². The highest BCUT2D eigenvalue weighted by Gasteiger charge is 2.51. The first-order valence-corrected chi connectivity index (χ1v) is 8.14. The smallest absolute Gasteiger partial charge is 0.399 e. The number of hydrogen-bond donors (Lipinski definition) is 0. The van der Waals surface area contributed by atoms with Gasteiger partial charge in [-0.15, -0.1) is 5.06 Å². The van der Waals surface area contributed by atoms with E-state index in [-0.39, 0.29) is 18.4 Å². The van der Waals surface area contributed by atoms with Crippen molar-refractivity contribution in [1.29, 1.82) is 0 Å². The summed E-state index contributed by atoms with van der Waals surface area (Å²) in [4.78, 5) is 40.3. The molecule has 8 heteroatoms. The summed E-state index contributed by atoms with van der Waals surface area (Å²) in [7, 11) is -0.618. The SMILES string of the molecule is CC1(C)OB(c2cccc(C(=O)ON3C(=O)CCC3=O)c2)OC1(C)C. The van der Waals surface area contributed by atoms with E-state index in [0.29, 0.717) is 10.5 Å². The molecule has 0 aromatic heterocycles. The van der Waals surface area contributed by atoms with Crippen LogP contribution in [0, 0.1) is 0 Å². The molecule has 3 rings (SSSR count). The van der Waals surface area contributed by atoms with Gasteiger partial charge in [0.05, 0.1) is 16.8 Å². The highest BCUT2D eigenvalue weighted by atomic mass is 16.7. The zero-order valence-electron chi connectivity index (χ0n) is 14.7. The van der Waals surface area contributed by atoms with Crippen LogP contribution in [0.15, 0.2) is 24.3 Å².